The number of rotatable bonds is 4. The van der Waals surface area contributed by atoms with Crippen molar-refractivity contribution in [1.82, 2.24) is 0 Å². The number of hydrogen-bond acceptors (Lipinski definition) is 2. The number of anilines is 1. The van der Waals surface area contributed by atoms with Crippen LogP contribution in [-0.4, -0.2) is 5.71 Å². The molecule has 0 radical (unpaired) electrons. The van der Waals surface area contributed by atoms with E-state index in [0.29, 0.717) is 5.71 Å². The summed E-state index contributed by atoms with van der Waals surface area (Å²) in [4.78, 5) is 0. The van der Waals surface area contributed by atoms with Crippen LogP contribution >= 0.6 is 0 Å². The number of nitrogens with one attached hydrogen (secondary N) is 2. The second-order valence-electron chi connectivity index (χ2n) is 4.12. The van der Waals surface area contributed by atoms with Crippen LogP contribution in [0.1, 0.15) is 16.7 Å². The molecule has 0 aromatic heterocycles. The van der Waals surface area contributed by atoms with E-state index in [9.17, 15) is 0 Å². The van der Waals surface area contributed by atoms with Crippen molar-refractivity contribution >= 4 is 11.4 Å². The lowest BCUT2D eigenvalue weighted by molar-refractivity contribution is 1.38. The van der Waals surface area contributed by atoms with Crippen LogP contribution in [-0.2, 0) is 0 Å². The minimum atomic E-state index is 0.542. The molecule has 0 atom stereocenters. The second-order valence-corrected chi connectivity index (χ2v) is 4.12. The molecule has 18 heavy (non-hydrogen) atoms. The Labute approximate surface area is 107 Å². The Bertz CT molecular complexity index is 571. The molecular weight excluding hydrogens is 220 g/mol. The molecule has 0 heterocycles. The van der Waals surface area contributed by atoms with Crippen molar-refractivity contribution in [2.45, 2.75) is 6.92 Å². The Morgan fingerprint density at radius 2 is 1.89 bits per heavy atom. The maximum atomic E-state index is 8.29. The topological polar surface area (TPSA) is 35.9 Å². The van der Waals surface area contributed by atoms with Crippen LogP contribution in [0.25, 0.3) is 0 Å². The Morgan fingerprint density at radius 3 is 2.56 bits per heavy atom. The fraction of sp³-hybridized carbons (Fsp3) is 0.0625. The van der Waals surface area contributed by atoms with Gasteiger partial charge in [-0.15, -0.1) is 0 Å². The predicted molar refractivity (Wildman–Crippen MR) is 77.4 cm³/mol. The van der Waals surface area contributed by atoms with E-state index in [1.807, 2.05) is 55.5 Å². The van der Waals surface area contributed by atoms with Crippen LogP contribution in [0.3, 0.4) is 0 Å². The maximum Gasteiger partial charge on any atom is 0.0687 e. The molecule has 2 aromatic rings. The van der Waals surface area contributed by atoms with E-state index in [1.165, 1.54) is 0 Å². The van der Waals surface area contributed by atoms with Crippen LogP contribution in [0.4, 0.5) is 5.69 Å². The zero-order valence-electron chi connectivity index (χ0n) is 10.4. The summed E-state index contributed by atoms with van der Waals surface area (Å²) in [6.07, 6.45) is 1.64. The lowest BCUT2D eigenvalue weighted by Crippen LogP contribution is -2.04. The van der Waals surface area contributed by atoms with Crippen molar-refractivity contribution in [3.05, 3.63) is 78.0 Å². The molecule has 0 amide bonds. The van der Waals surface area contributed by atoms with E-state index < -0.39 is 0 Å². The smallest absolute Gasteiger partial charge is 0.0687 e. The van der Waals surface area contributed by atoms with Gasteiger partial charge in [-0.05, 0) is 30.8 Å². The summed E-state index contributed by atoms with van der Waals surface area (Å²) in [5.74, 6) is 0. The number of hydrogen-bond donors (Lipinski definition) is 2. The highest BCUT2D eigenvalue weighted by molar-refractivity contribution is 6.12. The highest BCUT2D eigenvalue weighted by Gasteiger charge is 2.08. The standard InChI is InChI=1S/C16H16N2/c1-3-18-14-10-9-12(2)15(11-14)16(17)13-7-5-4-6-8-13/h3-11,17-18H,1H2,2H3. The highest BCUT2D eigenvalue weighted by Crippen LogP contribution is 2.18. The minimum absolute atomic E-state index is 0.542. The molecule has 0 aliphatic carbocycles. The zero-order chi connectivity index (χ0) is 13.0. The van der Waals surface area contributed by atoms with Gasteiger partial charge in [0.1, 0.15) is 0 Å². The lowest BCUT2D eigenvalue weighted by Gasteiger charge is -2.10. The molecule has 2 N–H and O–H groups in total. The van der Waals surface area contributed by atoms with Gasteiger partial charge in [-0.25, -0.2) is 0 Å². The lowest BCUT2D eigenvalue weighted by atomic mass is 9.98. The molecule has 0 bridgehead atoms. The van der Waals surface area contributed by atoms with Gasteiger partial charge in [0.2, 0.25) is 0 Å². The van der Waals surface area contributed by atoms with Crippen LogP contribution in [0.5, 0.6) is 0 Å². The summed E-state index contributed by atoms with van der Waals surface area (Å²) in [7, 11) is 0. The summed E-state index contributed by atoms with van der Waals surface area (Å²) in [6, 6.07) is 15.7. The van der Waals surface area contributed by atoms with Crippen LogP contribution in [0.15, 0.2) is 61.3 Å². The Balaban J connectivity index is 2.41. The van der Waals surface area contributed by atoms with Crippen molar-refractivity contribution in [2.75, 3.05) is 5.32 Å². The summed E-state index contributed by atoms with van der Waals surface area (Å²) in [5, 5.41) is 11.3. The maximum absolute atomic E-state index is 8.29. The van der Waals surface area contributed by atoms with E-state index in [1.54, 1.807) is 6.20 Å². The largest absolute Gasteiger partial charge is 0.362 e. The first-order valence-electron chi connectivity index (χ1n) is 5.85. The van der Waals surface area contributed by atoms with Crippen molar-refractivity contribution in [3.8, 4) is 0 Å². The molecule has 2 aromatic carbocycles. The van der Waals surface area contributed by atoms with Crippen molar-refractivity contribution in [1.29, 1.82) is 5.41 Å². The van der Waals surface area contributed by atoms with Gasteiger partial charge in [0.25, 0.3) is 0 Å². The third-order valence-electron chi connectivity index (χ3n) is 2.84. The Morgan fingerprint density at radius 1 is 1.17 bits per heavy atom. The molecule has 0 saturated heterocycles. The van der Waals surface area contributed by atoms with Gasteiger partial charge in [-0.3, -0.25) is 5.41 Å². The Hall–Kier alpha value is -2.35. The van der Waals surface area contributed by atoms with Gasteiger partial charge in [0.05, 0.1) is 5.71 Å². The van der Waals surface area contributed by atoms with Crippen LogP contribution in [0.2, 0.25) is 0 Å². The quantitative estimate of drug-likeness (QED) is 0.774. The van der Waals surface area contributed by atoms with E-state index in [4.69, 9.17) is 5.41 Å². The first kappa shape index (κ1) is 12.1. The van der Waals surface area contributed by atoms with Gasteiger partial charge in [-0.1, -0.05) is 43.0 Å². The molecule has 90 valence electrons. The predicted octanol–water partition coefficient (Wildman–Crippen LogP) is 3.97. The second kappa shape index (κ2) is 5.32. The van der Waals surface area contributed by atoms with Gasteiger partial charge < -0.3 is 5.32 Å². The molecule has 0 aliphatic rings. The summed E-state index contributed by atoms with van der Waals surface area (Å²) in [6.45, 7) is 5.66. The van der Waals surface area contributed by atoms with Gasteiger partial charge in [0.15, 0.2) is 0 Å². The number of benzene rings is 2. The normalized spacial score (nSPS) is 9.83. The SMILES string of the molecule is C=CNc1ccc(C)c(C(=N)c2ccccc2)c1. The third-order valence-corrected chi connectivity index (χ3v) is 2.84. The minimum Gasteiger partial charge on any atom is -0.362 e. The fourth-order valence-electron chi connectivity index (χ4n) is 1.86. The Kier molecular flexibility index (Phi) is 3.58. The molecule has 2 heteroatoms. The molecule has 0 spiro atoms. The van der Waals surface area contributed by atoms with Crippen molar-refractivity contribution in [3.63, 3.8) is 0 Å². The molecule has 2 nitrogen and oxygen atoms in total. The van der Waals surface area contributed by atoms with Crippen molar-refractivity contribution < 1.29 is 0 Å². The molecule has 2 rings (SSSR count). The molecular formula is C16H16N2. The van der Waals surface area contributed by atoms with E-state index in [0.717, 1.165) is 22.4 Å². The van der Waals surface area contributed by atoms with Gasteiger partial charge in [-0.2, -0.15) is 0 Å². The number of aryl methyl sites for hydroxylation is 1. The summed E-state index contributed by atoms with van der Waals surface area (Å²) < 4.78 is 0. The van der Waals surface area contributed by atoms with Gasteiger partial charge in [0, 0.05) is 16.8 Å². The van der Waals surface area contributed by atoms with Crippen LogP contribution < -0.4 is 5.32 Å². The molecule has 0 aliphatic heterocycles. The first-order chi connectivity index (χ1) is 8.72. The molecule has 0 unspecified atom stereocenters. The zero-order valence-corrected chi connectivity index (χ0v) is 10.4. The summed E-state index contributed by atoms with van der Waals surface area (Å²) >= 11 is 0. The van der Waals surface area contributed by atoms with E-state index in [2.05, 4.69) is 11.9 Å². The van der Waals surface area contributed by atoms with E-state index >= 15 is 0 Å². The van der Waals surface area contributed by atoms with E-state index in [-0.39, 0.29) is 0 Å². The average molecular weight is 236 g/mol. The first-order valence-corrected chi connectivity index (χ1v) is 5.85. The molecule has 0 saturated carbocycles. The monoisotopic (exact) mass is 236 g/mol. The van der Waals surface area contributed by atoms with Crippen LogP contribution in [0, 0.1) is 12.3 Å². The van der Waals surface area contributed by atoms with Gasteiger partial charge >= 0.3 is 0 Å². The van der Waals surface area contributed by atoms with Crippen molar-refractivity contribution in [2.24, 2.45) is 0 Å². The fourth-order valence-corrected chi connectivity index (χ4v) is 1.86. The third kappa shape index (κ3) is 2.48. The average Bonchev–Trinajstić information content (AvgIpc) is 2.41. The molecule has 0 fully saturated rings. The highest BCUT2D eigenvalue weighted by atomic mass is 14.8. The summed E-state index contributed by atoms with van der Waals surface area (Å²) in [5.41, 5.74) is 4.45.